The van der Waals surface area contributed by atoms with E-state index >= 15 is 0 Å². The number of hydrogen-bond donors (Lipinski definition) is 2. The van der Waals surface area contributed by atoms with E-state index in [4.69, 9.17) is 10.5 Å². The van der Waals surface area contributed by atoms with Gasteiger partial charge in [-0.25, -0.2) is 0 Å². The predicted molar refractivity (Wildman–Crippen MR) is 112 cm³/mol. The Morgan fingerprint density at radius 3 is 2.74 bits per heavy atom. The van der Waals surface area contributed by atoms with E-state index in [1.165, 1.54) is 4.57 Å². The molecule has 8 nitrogen and oxygen atoms in total. The van der Waals surface area contributed by atoms with Crippen LogP contribution in [0, 0.1) is 18.3 Å². The lowest BCUT2D eigenvalue weighted by Crippen LogP contribution is -2.47. The van der Waals surface area contributed by atoms with Crippen LogP contribution in [0.4, 0.5) is 5.69 Å². The number of amides is 1. The number of pyridine rings is 2. The van der Waals surface area contributed by atoms with Gasteiger partial charge in [0.05, 0.1) is 17.8 Å². The van der Waals surface area contributed by atoms with Crippen LogP contribution in [0.15, 0.2) is 71.0 Å². The highest BCUT2D eigenvalue weighted by molar-refractivity contribution is 6.12. The Morgan fingerprint density at radius 1 is 1.23 bits per heavy atom. The highest BCUT2D eigenvalue weighted by Crippen LogP contribution is 2.51. The maximum Gasteiger partial charge on any atom is 0.259 e. The number of ether oxygens (including phenoxy) is 1. The van der Waals surface area contributed by atoms with Gasteiger partial charge in [0.1, 0.15) is 17.4 Å². The van der Waals surface area contributed by atoms with Crippen LogP contribution in [0.25, 0.3) is 0 Å². The molecule has 0 aliphatic carbocycles. The van der Waals surface area contributed by atoms with Crippen LogP contribution in [0.3, 0.4) is 0 Å². The summed E-state index contributed by atoms with van der Waals surface area (Å²) in [5.74, 6) is -0.533. The molecule has 2 aliphatic rings. The number of benzene rings is 1. The first-order valence-corrected chi connectivity index (χ1v) is 9.62. The third-order valence-electron chi connectivity index (χ3n) is 5.77. The molecule has 8 heteroatoms. The molecule has 1 amide bonds. The second kappa shape index (κ2) is 6.57. The Balaban J connectivity index is 1.85. The van der Waals surface area contributed by atoms with E-state index in [1.807, 2.05) is 18.2 Å². The summed E-state index contributed by atoms with van der Waals surface area (Å²) in [5, 5.41) is 12.7. The number of fused-ring (bicyclic) bond motifs is 4. The summed E-state index contributed by atoms with van der Waals surface area (Å²) in [6.45, 7) is 1.97. The number of aryl methyl sites for hydroxylation is 1. The van der Waals surface area contributed by atoms with E-state index in [2.05, 4.69) is 10.3 Å². The van der Waals surface area contributed by atoms with Gasteiger partial charge in [0.15, 0.2) is 5.41 Å². The normalized spacial score (nSPS) is 18.8. The Kier molecular flexibility index (Phi) is 3.95. The lowest BCUT2D eigenvalue weighted by Gasteiger charge is -2.33. The van der Waals surface area contributed by atoms with Crippen LogP contribution in [-0.4, -0.2) is 15.5 Å². The molecule has 2 aromatic heterocycles. The minimum absolute atomic E-state index is 0.0715. The van der Waals surface area contributed by atoms with Crippen LogP contribution in [0.1, 0.15) is 22.5 Å². The van der Waals surface area contributed by atoms with Crippen LogP contribution in [-0.2, 0) is 16.8 Å². The molecule has 0 saturated heterocycles. The van der Waals surface area contributed by atoms with E-state index in [1.54, 1.807) is 49.5 Å². The zero-order chi connectivity index (χ0) is 21.8. The number of carbonyl (C=O) groups is 1. The van der Waals surface area contributed by atoms with Crippen molar-refractivity contribution in [2.75, 3.05) is 5.32 Å². The van der Waals surface area contributed by atoms with Gasteiger partial charge in [0.2, 0.25) is 11.8 Å². The van der Waals surface area contributed by atoms with Crippen molar-refractivity contribution in [1.82, 2.24) is 9.55 Å². The van der Waals surface area contributed by atoms with Gasteiger partial charge in [-0.2, -0.15) is 5.26 Å². The smallest absolute Gasteiger partial charge is 0.259 e. The number of carbonyl (C=O) groups excluding carboxylic acids is 1. The summed E-state index contributed by atoms with van der Waals surface area (Å²) in [7, 11) is 0. The van der Waals surface area contributed by atoms with Gasteiger partial charge in [-0.1, -0.05) is 24.3 Å². The molecule has 4 heterocycles. The van der Waals surface area contributed by atoms with Crippen molar-refractivity contribution in [2.24, 2.45) is 5.73 Å². The zero-order valence-corrected chi connectivity index (χ0v) is 16.5. The molecule has 0 fully saturated rings. The maximum absolute atomic E-state index is 13.8. The van der Waals surface area contributed by atoms with Gasteiger partial charge in [-0.15, -0.1) is 0 Å². The second-order valence-corrected chi connectivity index (χ2v) is 7.44. The Morgan fingerprint density at radius 2 is 2.00 bits per heavy atom. The highest BCUT2D eigenvalue weighted by Gasteiger charge is 2.58. The van der Waals surface area contributed by atoms with Gasteiger partial charge >= 0.3 is 0 Å². The summed E-state index contributed by atoms with van der Waals surface area (Å²) >= 11 is 0. The number of nitriles is 1. The van der Waals surface area contributed by atoms with Gasteiger partial charge in [-0.3, -0.25) is 14.6 Å². The summed E-state index contributed by atoms with van der Waals surface area (Å²) in [5.41, 5.74) is 6.25. The fraction of sp³-hybridized carbons (Fsp3) is 0.130. The molecule has 5 rings (SSSR count). The lowest BCUT2D eigenvalue weighted by atomic mass is 9.69. The molecule has 1 spiro atoms. The average Bonchev–Trinajstić information content (AvgIpc) is 3.04. The standard InChI is InChI=1S/C23H17N5O3/c1-13-10-18-19(21(29)28(13)12-14-6-4-5-9-26-14)23(16(11-24)20(25)31-18)15-7-2-3-8-17(15)27-22(23)30/h2-10H,12,25H2,1H3,(H,27,30)/t23-/m0/s1. The number of anilines is 1. The number of para-hydroxylation sites is 1. The molecule has 2 aliphatic heterocycles. The fourth-order valence-electron chi connectivity index (χ4n) is 4.39. The number of nitrogens with two attached hydrogens (primary N) is 1. The number of nitrogens with zero attached hydrogens (tertiary/aromatic N) is 3. The zero-order valence-electron chi connectivity index (χ0n) is 16.5. The first-order valence-electron chi connectivity index (χ1n) is 9.62. The van der Waals surface area contributed by atoms with E-state index in [0.717, 1.165) is 0 Å². The summed E-state index contributed by atoms with van der Waals surface area (Å²) in [4.78, 5) is 31.5. The van der Waals surface area contributed by atoms with Gasteiger partial charge in [0.25, 0.3) is 5.56 Å². The fourth-order valence-corrected chi connectivity index (χ4v) is 4.39. The van der Waals surface area contributed by atoms with Crippen LogP contribution < -0.4 is 21.3 Å². The van der Waals surface area contributed by atoms with Crippen molar-refractivity contribution in [2.45, 2.75) is 18.9 Å². The number of aromatic nitrogens is 2. The Hall–Kier alpha value is -4.38. The first kappa shape index (κ1) is 18.6. The van der Waals surface area contributed by atoms with Crippen molar-refractivity contribution in [3.8, 4) is 11.8 Å². The molecule has 0 unspecified atom stereocenters. The third-order valence-corrected chi connectivity index (χ3v) is 5.77. The Bertz CT molecular complexity index is 1380. The van der Waals surface area contributed by atoms with E-state index in [0.29, 0.717) is 22.6 Å². The second-order valence-electron chi connectivity index (χ2n) is 7.44. The quantitative estimate of drug-likeness (QED) is 0.664. The molecule has 3 aromatic rings. The minimum atomic E-state index is -1.68. The van der Waals surface area contributed by atoms with Crippen molar-refractivity contribution in [1.29, 1.82) is 5.26 Å². The SMILES string of the molecule is Cc1cc2c(c(=O)n1Cc1ccccn1)[C@@]1(C(=O)Nc3ccccc31)C(C#N)=C(N)O2. The molecule has 31 heavy (non-hydrogen) atoms. The number of rotatable bonds is 2. The molecule has 3 N–H and O–H groups in total. The molecule has 1 atom stereocenters. The van der Waals surface area contributed by atoms with Gasteiger partial charge in [0, 0.05) is 29.2 Å². The average molecular weight is 411 g/mol. The molecule has 0 saturated carbocycles. The van der Waals surface area contributed by atoms with Crippen LogP contribution >= 0.6 is 0 Å². The summed E-state index contributed by atoms with van der Waals surface area (Å²) < 4.78 is 7.20. The highest BCUT2D eigenvalue weighted by atomic mass is 16.5. The third kappa shape index (κ3) is 2.43. The maximum atomic E-state index is 13.8. The molecular formula is C23H17N5O3. The largest absolute Gasteiger partial charge is 0.440 e. The minimum Gasteiger partial charge on any atom is -0.440 e. The van der Waals surface area contributed by atoms with Crippen molar-refractivity contribution < 1.29 is 9.53 Å². The van der Waals surface area contributed by atoms with Crippen LogP contribution in [0.2, 0.25) is 0 Å². The lowest BCUT2D eigenvalue weighted by molar-refractivity contribution is -0.118. The number of hydrogen-bond acceptors (Lipinski definition) is 6. The number of nitrogens with one attached hydrogen (secondary N) is 1. The van der Waals surface area contributed by atoms with Crippen molar-refractivity contribution in [3.05, 3.63) is 99.1 Å². The molecular weight excluding hydrogens is 394 g/mol. The molecule has 1 aromatic carbocycles. The van der Waals surface area contributed by atoms with Crippen molar-refractivity contribution >= 4 is 11.6 Å². The Labute approximate surface area is 177 Å². The molecule has 152 valence electrons. The summed E-state index contributed by atoms with van der Waals surface area (Å²) in [6.07, 6.45) is 1.65. The van der Waals surface area contributed by atoms with Crippen molar-refractivity contribution in [3.63, 3.8) is 0 Å². The van der Waals surface area contributed by atoms with E-state index in [-0.39, 0.29) is 29.3 Å². The summed E-state index contributed by atoms with van der Waals surface area (Å²) in [6, 6.07) is 16.1. The van der Waals surface area contributed by atoms with E-state index < -0.39 is 16.9 Å². The van der Waals surface area contributed by atoms with E-state index in [9.17, 15) is 14.9 Å². The monoisotopic (exact) mass is 411 g/mol. The first-order chi connectivity index (χ1) is 15.0. The van der Waals surface area contributed by atoms with Crippen LogP contribution in [0.5, 0.6) is 5.75 Å². The van der Waals surface area contributed by atoms with Gasteiger partial charge < -0.3 is 20.4 Å². The molecule has 0 radical (unpaired) electrons. The predicted octanol–water partition coefficient (Wildman–Crippen LogP) is 1.92. The topological polar surface area (TPSA) is 123 Å². The molecule has 0 bridgehead atoms. The van der Waals surface area contributed by atoms with Gasteiger partial charge in [-0.05, 0) is 25.1 Å².